The Morgan fingerprint density at radius 1 is 1.12 bits per heavy atom. The fourth-order valence-electron chi connectivity index (χ4n) is 1.25. The summed E-state index contributed by atoms with van der Waals surface area (Å²) < 4.78 is 11.3. The molecule has 0 aliphatic heterocycles. The predicted molar refractivity (Wildman–Crippen MR) is 67.1 cm³/mol. The maximum Gasteiger partial charge on any atom is 0.232 e. The van der Waals surface area contributed by atoms with E-state index in [4.69, 9.17) is 9.47 Å². The number of hydrogen-bond acceptors (Lipinski definition) is 4. The first-order valence-electron chi connectivity index (χ1n) is 5.01. The standard InChI is InChI=1S/C12H11BrN2O2/c1-16-10-4-2-9(3-5-10)8-17-12-7-14-11(13)6-15-12/h2-7H,8H2,1H3. The van der Waals surface area contributed by atoms with Crippen LogP contribution in [-0.4, -0.2) is 17.1 Å². The molecule has 5 heteroatoms. The van der Waals surface area contributed by atoms with E-state index in [1.807, 2.05) is 24.3 Å². The molecule has 0 unspecified atom stereocenters. The Bertz CT molecular complexity index is 471. The maximum absolute atomic E-state index is 5.49. The first-order chi connectivity index (χ1) is 8.28. The minimum Gasteiger partial charge on any atom is -0.497 e. The van der Waals surface area contributed by atoms with Crippen molar-refractivity contribution in [2.75, 3.05) is 7.11 Å². The number of halogens is 1. The van der Waals surface area contributed by atoms with E-state index in [-0.39, 0.29) is 0 Å². The Kier molecular flexibility index (Phi) is 3.93. The van der Waals surface area contributed by atoms with Gasteiger partial charge in [0, 0.05) is 0 Å². The fourth-order valence-corrected chi connectivity index (χ4v) is 1.46. The largest absolute Gasteiger partial charge is 0.497 e. The minimum atomic E-state index is 0.459. The lowest BCUT2D eigenvalue weighted by Gasteiger charge is -2.05. The molecule has 2 rings (SSSR count). The van der Waals surface area contributed by atoms with Crippen LogP contribution in [0.15, 0.2) is 41.3 Å². The first kappa shape index (κ1) is 11.9. The molecule has 0 saturated carbocycles. The highest BCUT2D eigenvalue weighted by molar-refractivity contribution is 9.10. The average Bonchev–Trinajstić information content (AvgIpc) is 2.39. The lowest BCUT2D eigenvalue weighted by Crippen LogP contribution is -1.97. The zero-order chi connectivity index (χ0) is 12.1. The van der Waals surface area contributed by atoms with Crippen LogP contribution in [0.25, 0.3) is 0 Å². The van der Waals surface area contributed by atoms with Crippen molar-refractivity contribution in [1.29, 1.82) is 0 Å². The first-order valence-corrected chi connectivity index (χ1v) is 5.80. The van der Waals surface area contributed by atoms with Crippen LogP contribution in [0.1, 0.15) is 5.56 Å². The summed E-state index contributed by atoms with van der Waals surface area (Å²) in [5.74, 6) is 1.33. The molecule has 1 aromatic heterocycles. The van der Waals surface area contributed by atoms with E-state index >= 15 is 0 Å². The van der Waals surface area contributed by atoms with Crippen molar-refractivity contribution in [3.05, 3.63) is 46.8 Å². The lowest BCUT2D eigenvalue weighted by atomic mass is 10.2. The van der Waals surface area contributed by atoms with E-state index in [1.54, 1.807) is 19.5 Å². The Morgan fingerprint density at radius 3 is 2.47 bits per heavy atom. The number of aromatic nitrogens is 2. The predicted octanol–water partition coefficient (Wildman–Crippen LogP) is 2.83. The van der Waals surface area contributed by atoms with Crippen molar-refractivity contribution in [2.45, 2.75) is 6.61 Å². The van der Waals surface area contributed by atoms with Gasteiger partial charge in [0.25, 0.3) is 0 Å². The van der Waals surface area contributed by atoms with Crippen LogP contribution < -0.4 is 9.47 Å². The van der Waals surface area contributed by atoms with Gasteiger partial charge in [-0.15, -0.1) is 0 Å². The fraction of sp³-hybridized carbons (Fsp3) is 0.167. The van der Waals surface area contributed by atoms with Crippen molar-refractivity contribution < 1.29 is 9.47 Å². The maximum atomic E-state index is 5.49. The van der Waals surface area contributed by atoms with Crippen LogP contribution in [-0.2, 0) is 6.61 Å². The molecule has 17 heavy (non-hydrogen) atoms. The molecule has 0 aliphatic carbocycles. The molecule has 1 heterocycles. The van der Waals surface area contributed by atoms with E-state index < -0.39 is 0 Å². The SMILES string of the molecule is COc1ccc(COc2cnc(Br)cn2)cc1. The van der Waals surface area contributed by atoms with E-state index in [1.165, 1.54) is 0 Å². The summed E-state index contributed by atoms with van der Waals surface area (Å²) in [5.41, 5.74) is 1.05. The molecule has 0 fully saturated rings. The highest BCUT2D eigenvalue weighted by atomic mass is 79.9. The molecule has 0 spiro atoms. The third-order valence-electron chi connectivity index (χ3n) is 2.14. The van der Waals surface area contributed by atoms with E-state index in [2.05, 4.69) is 25.9 Å². The van der Waals surface area contributed by atoms with Gasteiger partial charge in [0.2, 0.25) is 5.88 Å². The van der Waals surface area contributed by atoms with Gasteiger partial charge in [-0.25, -0.2) is 9.97 Å². The van der Waals surface area contributed by atoms with Gasteiger partial charge in [-0.05, 0) is 33.6 Å². The molecule has 0 aliphatic rings. The molecular weight excluding hydrogens is 284 g/mol. The summed E-state index contributed by atoms with van der Waals surface area (Å²) in [6.07, 6.45) is 3.18. The van der Waals surface area contributed by atoms with Gasteiger partial charge in [0.1, 0.15) is 17.0 Å². The number of benzene rings is 1. The quantitative estimate of drug-likeness (QED) is 0.870. The van der Waals surface area contributed by atoms with Gasteiger partial charge in [-0.2, -0.15) is 0 Å². The van der Waals surface area contributed by atoms with Gasteiger partial charge in [-0.1, -0.05) is 12.1 Å². The monoisotopic (exact) mass is 294 g/mol. The summed E-state index contributed by atoms with van der Waals surface area (Å²) >= 11 is 3.21. The Hall–Kier alpha value is -1.62. The molecule has 0 bridgehead atoms. The molecular formula is C12H11BrN2O2. The molecule has 88 valence electrons. The van der Waals surface area contributed by atoms with Crippen molar-refractivity contribution in [3.8, 4) is 11.6 Å². The summed E-state index contributed by atoms with van der Waals surface area (Å²) in [5, 5.41) is 0. The molecule has 0 amide bonds. The second-order valence-electron chi connectivity index (χ2n) is 3.31. The van der Waals surface area contributed by atoms with Gasteiger partial charge in [0.15, 0.2) is 0 Å². The van der Waals surface area contributed by atoms with E-state index in [9.17, 15) is 0 Å². The molecule has 0 radical (unpaired) electrons. The molecule has 4 nitrogen and oxygen atoms in total. The van der Waals surface area contributed by atoms with Crippen LogP contribution >= 0.6 is 15.9 Å². The van der Waals surface area contributed by atoms with Gasteiger partial charge in [0.05, 0.1) is 19.5 Å². The third-order valence-corrected chi connectivity index (χ3v) is 2.55. The van der Waals surface area contributed by atoms with Crippen molar-refractivity contribution in [1.82, 2.24) is 9.97 Å². The normalized spacial score (nSPS) is 10.0. The van der Waals surface area contributed by atoms with Crippen LogP contribution in [0.2, 0.25) is 0 Å². The number of methoxy groups -OCH3 is 1. The Labute approximate surface area is 108 Å². The van der Waals surface area contributed by atoms with Crippen molar-refractivity contribution in [2.24, 2.45) is 0 Å². The van der Waals surface area contributed by atoms with Gasteiger partial charge in [-0.3, -0.25) is 0 Å². The van der Waals surface area contributed by atoms with Gasteiger partial charge < -0.3 is 9.47 Å². The average molecular weight is 295 g/mol. The second kappa shape index (κ2) is 5.63. The zero-order valence-corrected chi connectivity index (χ0v) is 10.8. The third kappa shape index (κ3) is 3.42. The van der Waals surface area contributed by atoms with Crippen molar-refractivity contribution in [3.63, 3.8) is 0 Å². The van der Waals surface area contributed by atoms with Crippen LogP contribution in [0.4, 0.5) is 0 Å². The molecule has 0 saturated heterocycles. The molecule has 1 aromatic carbocycles. The number of ether oxygens (including phenoxy) is 2. The highest BCUT2D eigenvalue weighted by Crippen LogP contribution is 2.14. The van der Waals surface area contributed by atoms with Crippen molar-refractivity contribution >= 4 is 15.9 Å². The van der Waals surface area contributed by atoms with Gasteiger partial charge >= 0.3 is 0 Å². The zero-order valence-electron chi connectivity index (χ0n) is 9.26. The number of rotatable bonds is 4. The molecule has 2 aromatic rings. The van der Waals surface area contributed by atoms with Crippen LogP contribution in [0, 0.1) is 0 Å². The van der Waals surface area contributed by atoms with E-state index in [0.717, 1.165) is 11.3 Å². The summed E-state index contributed by atoms with van der Waals surface area (Å²) in [7, 11) is 1.64. The number of nitrogens with zero attached hydrogens (tertiary/aromatic N) is 2. The topological polar surface area (TPSA) is 44.2 Å². The highest BCUT2D eigenvalue weighted by Gasteiger charge is 1.98. The lowest BCUT2D eigenvalue weighted by molar-refractivity contribution is 0.292. The second-order valence-corrected chi connectivity index (χ2v) is 4.13. The smallest absolute Gasteiger partial charge is 0.232 e. The summed E-state index contributed by atoms with van der Waals surface area (Å²) in [6.45, 7) is 0.459. The minimum absolute atomic E-state index is 0.459. The van der Waals surface area contributed by atoms with Crippen LogP contribution in [0.3, 0.4) is 0 Å². The Morgan fingerprint density at radius 2 is 1.88 bits per heavy atom. The molecule has 0 atom stereocenters. The Balaban J connectivity index is 1.95. The van der Waals surface area contributed by atoms with Crippen LogP contribution in [0.5, 0.6) is 11.6 Å². The molecule has 0 N–H and O–H groups in total. The summed E-state index contributed by atoms with van der Waals surface area (Å²) in [6, 6.07) is 7.69. The summed E-state index contributed by atoms with van der Waals surface area (Å²) in [4.78, 5) is 8.10. The number of hydrogen-bond donors (Lipinski definition) is 0. The van der Waals surface area contributed by atoms with E-state index in [0.29, 0.717) is 17.1 Å².